The van der Waals surface area contributed by atoms with Crippen LogP contribution in [0.25, 0.3) is 0 Å². The molecule has 0 fully saturated rings. The summed E-state index contributed by atoms with van der Waals surface area (Å²) in [6.45, 7) is 2.16. The van der Waals surface area contributed by atoms with Gasteiger partial charge >= 0.3 is 11.8 Å². The maximum absolute atomic E-state index is 12.9. The SMILES string of the molecule is CCCCNC(=O)C(=O)NC[C@H](c1cccnc1)S(=O)(=O)c1cccs1. The fourth-order valence-electron chi connectivity index (χ4n) is 2.26. The molecule has 26 heavy (non-hydrogen) atoms. The van der Waals surface area contributed by atoms with Gasteiger partial charge in [0.15, 0.2) is 9.84 Å². The smallest absolute Gasteiger partial charge is 0.309 e. The highest BCUT2D eigenvalue weighted by molar-refractivity contribution is 7.93. The van der Waals surface area contributed by atoms with Crippen molar-refractivity contribution in [2.24, 2.45) is 0 Å². The molecule has 0 saturated heterocycles. The van der Waals surface area contributed by atoms with E-state index in [0.717, 1.165) is 24.2 Å². The summed E-state index contributed by atoms with van der Waals surface area (Å²) in [7, 11) is -3.72. The zero-order valence-corrected chi connectivity index (χ0v) is 16.0. The molecule has 0 aliphatic rings. The van der Waals surface area contributed by atoms with E-state index in [1.165, 1.54) is 18.5 Å². The Kier molecular flexibility index (Phi) is 7.28. The molecule has 0 unspecified atom stereocenters. The van der Waals surface area contributed by atoms with Crippen LogP contribution in [-0.4, -0.2) is 38.3 Å². The number of rotatable bonds is 8. The number of nitrogens with zero attached hydrogens (tertiary/aromatic N) is 1. The van der Waals surface area contributed by atoms with E-state index in [9.17, 15) is 18.0 Å². The van der Waals surface area contributed by atoms with Gasteiger partial charge in [-0.05, 0) is 29.5 Å². The van der Waals surface area contributed by atoms with E-state index >= 15 is 0 Å². The molecule has 9 heteroatoms. The first-order valence-electron chi connectivity index (χ1n) is 8.20. The van der Waals surface area contributed by atoms with E-state index < -0.39 is 26.9 Å². The number of unbranched alkanes of at least 4 members (excludes halogenated alkanes) is 1. The Morgan fingerprint density at radius 2 is 1.96 bits per heavy atom. The normalized spacial score (nSPS) is 12.3. The molecule has 2 heterocycles. The second-order valence-electron chi connectivity index (χ2n) is 5.57. The predicted molar refractivity (Wildman–Crippen MR) is 99.4 cm³/mol. The largest absolute Gasteiger partial charge is 0.348 e. The van der Waals surface area contributed by atoms with Gasteiger partial charge in [0.25, 0.3) is 0 Å². The van der Waals surface area contributed by atoms with Crippen molar-refractivity contribution < 1.29 is 18.0 Å². The first-order chi connectivity index (χ1) is 12.5. The Labute approximate surface area is 156 Å². The summed E-state index contributed by atoms with van der Waals surface area (Å²) in [5.41, 5.74) is 0.451. The maximum Gasteiger partial charge on any atom is 0.309 e. The second-order valence-corrected chi connectivity index (χ2v) is 8.88. The first-order valence-corrected chi connectivity index (χ1v) is 10.6. The molecule has 0 saturated carbocycles. The van der Waals surface area contributed by atoms with Gasteiger partial charge in [-0.2, -0.15) is 0 Å². The maximum atomic E-state index is 12.9. The van der Waals surface area contributed by atoms with Crippen LogP contribution in [0.2, 0.25) is 0 Å². The Balaban J connectivity index is 2.14. The summed E-state index contributed by atoms with van der Waals surface area (Å²) < 4.78 is 26.0. The Morgan fingerprint density at radius 1 is 1.19 bits per heavy atom. The van der Waals surface area contributed by atoms with Crippen LogP contribution in [0.4, 0.5) is 0 Å². The highest BCUT2D eigenvalue weighted by Crippen LogP contribution is 2.30. The van der Waals surface area contributed by atoms with Crippen molar-refractivity contribution in [2.45, 2.75) is 29.2 Å². The highest BCUT2D eigenvalue weighted by Gasteiger charge is 2.31. The van der Waals surface area contributed by atoms with E-state index in [4.69, 9.17) is 0 Å². The van der Waals surface area contributed by atoms with Crippen molar-refractivity contribution in [3.63, 3.8) is 0 Å². The van der Waals surface area contributed by atoms with Gasteiger partial charge in [0.2, 0.25) is 0 Å². The van der Waals surface area contributed by atoms with Crippen LogP contribution in [0.5, 0.6) is 0 Å². The lowest BCUT2D eigenvalue weighted by Gasteiger charge is -2.17. The van der Waals surface area contributed by atoms with Crippen molar-refractivity contribution in [1.29, 1.82) is 0 Å². The van der Waals surface area contributed by atoms with Crippen LogP contribution in [0.1, 0.15) is 30.6 Å². The number of sulfone groups is 1. The molecule has 0 aliphatic carbocycles. The number of aromatic nitrogens is 1. The third kappa shape index (κ3) is 5.12. The van der Waals surface area contributed by atoms with Gasteiger partial charge in [-0.3, -0.25) is 14.6 Å². The van der Waals surface area contributed by atoms with Gasteiger partial charge in [-0.15, -0.1) is 11.3 Å². The summed E-state index contributed by atoms with van der Waals surface area (Å²) in [4.78, 5) is 27.7. The first kappa shape index (κ1) is 20.1. The van der Waals surface area contributed by atoms with E-state index in [0.29, 0.717) is 12.1 Å². The fraction of sp³-hybridized carbons (Fsp3) is 0.353. The molecule has 0 bridgehead atoms. The minimum atomic E-state index is -3.72. The van der Waals surface area contributed by atoms with Gasteiger partial charge in [0.1, 0.15) is 9.46 Å². The third-order valence-corrected chi connectivity index (χ3v) is 7.21. The molecule has 0 radical (unpaired) electrons. The van der Waals surface area contributed by atoms with Crippen molar-refractivity contribution in [3.8, 4) is 0 Å². The number of carbonyl (C=O) groups excluding carboxylic acids is 2. The molecular formula is C17H21N3O4S2. The summed E-state index contributed by atoms with van der Waals surface area (Å²) in [6, 6.07) is 6.43. The quantitative estimate of drug-likeness (QED) is 0.523. The summed E-state index contributed by atoms with van der Waals surface area (Å²) in [5, 5.41) is 5.57. The van der Waals surface area contributed by atoms with Crippen LogP contribution in [-0.2, 0) is 19.4 Å². The van der Waals surface area contributed by atoms with Gasteiger partial charge < -0.3 is 10.6 Å². The average molecular weight is 396 g/mol. The Hall–Kier alpha value is -2.26. The van der Waals surface area contributed by atoms with Crippen LogP contribution >= 0.6 is 11.3 Å². The molecule has 7 nitrogen and oxygen atoms in total. The summed E-state index contributed by atoms with van der Waals surface area (Å²) in [6.07, 6.45) is 4.65. The van der Waals surface area contributed by atoms with E-state index in [1.807, 2.05) is 6.92 Å². The molecule has 1 atom stereocenters. The van der Waals surface area contributed by atoms with Crippen molar-refractivity contribution >= 4 is 33.0 Å². The topological polar surface area (TPSA) is 105 Å². The van der Waals surface area contributed by atoms with Crippen LogP contribution < -0.4 is 10.6 Å². The minimum absolute atomic E-state index is 0.202. The van der Waals surface area contributed by atoms with E-state index in [2.05, 4.69) is 15.6 Å². The average Bonchev–Trinajstić information content (AvgIpc) is 3.18. The number of hydrogen-bond acceptors (Lipinski definition) is 6. The zero-order valence-electron chi connectivity index (χ0n) is 14.3. The minimum Gasteiger partial charge on any atom is -0.348 e. The van der Waals surface area contributed by atoms with Crippen molar-refractivity contribution in [1.82, 2.24) is 15.6 Å². The Bertz CT molecular complexity index is 821. The number of thiophene rings is 1. The molecule has 2 N–H and O–H groups in total. The van der Waals surface area contributed by atoms with E-state index in [-0.39, 0.29) is 10.8 Å². The fourth-order valence-corrected chi connectivity index (χ4v) is 5.11. The molecule has 2 aromatic rings. The number of nitrogens with one attached hydrogen (secondary N) is 2. The molecule has 2 amide bonds. The second kappa shape index (κ2) is 9.44. The van der Waals surface area contributed by atoms with Crippen LogP contribution in [0.15, 0.2) is 46.2 Å². The monoisotopic (exact) mass is 395 g/mol. The lowest BCUT2D eigenvalue weighted by molar-refractivity contribution is -0.139. The van der Waals surface area contributed by atoms with Gasteiger partial charge in [-0.1, -0.05) is 25.5 Å². The summed E-state index contributed by atoms with van der Waals surface area (Å²) in [5.74, 6) is -1.62. The summed E-state index contributed by atoms with van der Waals surface area (Å²) >= 11 is 1.11. The number of hydrogen-bond donors (Lipinski definition) is 2. The number of amides is 2. The molecule has 2 rings (SSSR count). The molecule has 140 valence electrons. The molecule has 0 aliphatic heterocycles. The highest BCUT2D eigenvalue weighted by atomic mass is 32.2. The molecule has 2 aromatic heterocycles. The van der Waals surface area contributed by atoms with Gasteiger partial charge in [0.05, 0.1) is 0 Å². The molecule has 0 aromatic carbocycles. The lowest BCUT2D eigenvalue weighted by atomic mass is 10.2. The van der Waals surface area contributed by atoms with Gasteiger partial charge in [-0.25, -0.2) is 8.42 Å². The van der Waals surface area contributed by atoms with E-state index in [1.54, 1.807) is 23.6 Å². The third-order valence-electron chi connectivity index (χ3n) is 3.68. The van der Waals surface area contributed by atoms with Crippen molar-refractivity contribution in [3.05, 3.63) is 47.6 Å². The lowest BCUT2D eigenvalue weighted by Crippen LogP contribution is -2.42. The van der Waals surface area contributed by atoms with Crippen LogP contribution in [0.3, 0.4) is 0 Å². The standard InChI is InChI=1S/C17H21N3O4S2/c1-2-3-9-19-16(21)17(22)20-12-14(13-6-4-8-18-11-13)26(23,24)15-7-5-10-25-15/h4-8,10-11,14H,2-3,9,12H2,1H3,(H,19,21)(H,20,22)/t14-/m1/s1. The predicted octanol–water partition coefficient (Wildman–Crippen LogP) is 1.69. The molecule has 0 spiro atoms. The van der Waals surface area contributed by atoms with Crippen molar-refractivity contribution in [2.75, 3.05) is 13.1 Å². The van der Waals surface area contributed by atoms with Crippen LogP contribution in [0, 0.1) is 0 Å². The van der Waals surface area contributed by atoms with Gasteiger partial charge in [0, 0.05) is 25.5 Å². The number of pyridine rings is 1. The Morgan fingerprint density at radius 3 is 2.58 bits per heavy atom. The zero-order chi connectivity index (χ0) is 19.0. The molecular weight excluding hydrogens is 374 g/mol. The number of carbonyl (C=O) groups is 2.